The van der Waals surface area contributed by atoms with Crippen molar-refractivity contribution in [2.24, 2.45) is 4.99 Å². The molecule has 1 aliphatic heterocycles. The predicted molar refractivity (Wildman–Crippen MR) is 31.9 cm³/mol. The Bertz CT molecular complexity index is 154. The summed E-state index contributed by atoms with van der Waals surface area (Å²) >= 11 is 2.98. The van der Waals surface area contributed by atoms with Crippen LogP contribution in [0.5, 0.6) is 0 Å². The maximum atomic E-state index is 10.4. The molecular formula is C4H4BrNO2. The van der Waals surface area contributed by atoms with E-state index in [0.29, 0.717) is 5.90 Å². The van der Waals surface area contributed by atoms with Crippen molar-refractivity contribution < 1.29 is 9.53 Å². The highest BCUT2D eigenvalue weighted by atomic mass is 79.9. The Balaban J connectivity index is 2.69. The first-order valence-corrected chi connectivity index (χ1v) is 3.02. The Morgan fingerprint density at radius 1 is 1.88 bits per heavy atom. The smallest absolute Gasteiger partial charge is 0.348 e. The number of carbonyl (C=O) groups excluding carboxylic acids is 1. The average molecular weight is 178 g/mol. The van der Waals surface area contributed by atoms with Crippen LogP contribution in [0.2, 0.25) is 0 Å². The van der Waals surface area contributed by atoms with Gasteiger partial charge in [-0.15, -0.1) is 0 Å². The summed E-state index contributed by atoms with van der Waals surface area (Å²) in [5, 5.41) is 0. The molecule has 0 amide bonds. The number of alkyl halides is 1. The number of aliphatic imine (C=N–C) groups is 1. The third-order valence-corrected chi connectivity index (χ3v) is 1.32. The number of esters is 1. The van der Waals surface area contributed by atoms with Crippen LogP contribution in [0.4, 0.5) is 0 Å². The van der Waals surface area contributed by atoms with E-state index < -0.39 is 4.95 Å². The Morgan fingerprint density at radius 3 is 2.62 bits per heavy atom. The molecule has 0 bridgehead atoms. The quantitative estimate of drug-likeness (QED) is 0.311. The van der Waals surface area contributed by atoms with Crippen LogP contribution in [0.1, 0.15) is 6.92 Å². The third kappa shape index (κ3) is 0.888. The number of carbonyl (C=O) groups is 1. The zero-order valence-corrected chi connectivity index (χ0v) is 5.81. The molecule has 0 aromatic carbocycles. The molecule has 0 radical (unpaired) electrons. The number of nitrogens with zero attached hydrogens (tertiary/aromatic N) is 1. The molecule has 1 unspecified atom stereocenters. The maximum Gasteiger partial charge on any atom is 0.348 e. The lowest BCUT2D eigenvalue weighted by Gasteiger charge is -1.87. The third-order valence-electron chi connectivity index (χ3n) is 0.738. The van der Waals surface area contributed by atoms with Gasteiger partial charge < -0.3 is 4.74 Å². The molecule has 0 aromatic rings. The van der Waals surface area contributed by atoms with Gasteiger partial charge in [-0.2, -0.15) is 0 Å². The zero-order valence-electron chi connectivity index (χ0n) is 4.22. The molecule has 1 atom stereocenters. The number of hydrogen-bond donors (Lipinski definition) is 0. The second-order valence-corrected chi connectivity index (χ2v) is 2.27. The Kier molecular flexibility index (Phi) is 1.33. The van der Waals surface area contributed by atoms with Crippen molar-refractivity contribution in [1.82, 2.24) is 0 Å². The first-order valence-electron chi connectivity index (χ1n) is 2.10. The fourth-order valence-electron chi connectivity index (χ4n) is 0.433. The van der Waals surface area contributed by atoms with Gasteiger partial charge in [0.05, 0.1) is 0 Å². The molecule has 0 spiro atoms. The van der Waals surface area contributed by atoms with Crippen LogP contribution in [-0.2, 0) is 9.53 Å². The van der Waals surface area contributed by atoms with Crippen molar-refractivity contribution in [3.05, 3.63) is 0 Å². The van der Waals surface area contributed by atoms with E-state index >= 15 is 0 Å². The highest BCUT2D eigenvalue weighted by molar-refractivity contribution is 9.10. The van der Waals surface area contributed by atoms with Gasteiger partial charge in [-0.1, -0.05) is 15.9 Å². The molecular weight excluding hydrogens is 174 g/mol. The van der Waals surface area contributed by atoms with Crippen LogP contribution in [0, 0.1) is 0 Å². The minimum atomic E-state index is -0.470. The van der Waals surface area contributed by atoms with Gasteiger partial charge in [0.1, 0.15) is 0 Å². The van der Waals surface area contributed by atoms with Crippen molar-refractivity contribution in [2.45, 2.75) is 11.9 Å². The first-order chi connectivity index (χ1) is 3.70. The normalized spacial score (nSPS) is 27.5. The molecule has 0 N–H and O–H groups in total. The van der Waals surface area contributed by atoms with Crippen molar-refractivity contribution in [3.8, 4) is 0 Å². The minimum Gasteiger partial charge on any atom is -0.410 e. The second-order valence-electron chi connectivity index (χ2n) is 1.41. The van der Waals surface area contributed by atoms with Crippen molar-refractivity contribution in [3.63, 3.8) is 0 Å². The van der Waals surface area contributed by atoms with Crippen LogP contribution in [0.15, 0.2) is 4.99 Å². The summed E-state index contributed by atoms with van der Waals surface area (Å²) in [5.41, 5.74) is 0. The van der Waals surface area contributed by atoms with E-state index in [4.69, 9.17) is 0 Å². The van der Waals surface area contributed by atoms with Crippen LogP contribution in [0.25, 0.3) is 0 Å². The van der Waals surface area contributed by atoms with E-state index in [-0.39, 0.29) is 5.97 Å². The molecule has 1 heterocycles. The molecule has 8 heavy (non-hydrogen) atoms. The Morgan fingerprint density at radius 2 is 2.50 bits per heavy atom. The molecule has 0 fully saturated rings. The fraction of sp³-hybridized carbons (Fsp3) is 0.500. The van der Waals surface area contributed by atoms with Gasteiger partial charge in [0.15, 0.2) is 5.90 Å². The summed E-state index contributed by atoms with van der Waals surface area (Å²) in [5.74, 6) is 0.0966. The van der Waals surface area contributed by atoms with E-state index in [1.54, 1.807) is 6.92 Å². The molecule has 3 nitrogen and oxygen atoms in total. The second kappa shape index (κ2) is 1.85. The molecule has 44 valence electrons. The van der Waals surface area contributed by atoms with Gasteiger partial charge in [0, 0.05) is 6.92 Å². The van der Waals surface area contributed by atoms with Gasteiger partial charge in [-0.25, -0.2) is 9.79 Å². The fourth-order valence-corrected chi connectivity index (χ4v) is 0.815. The van der Waals surface area contributed by atoms with Gasteiger partial charge >= 0.3 is 5.97 Å². The maximum absolute atomic E-state index is 10.4. The molecule has 0 saturated heterocycles. The highest BCUT2D eigenvalue weighted by Gasteiger charge is 2.22. The van der Waals surface area contributed by atoms with Crippen molar-refractivity contribution in [1.29, 1.82) is 0 Å². The number of cyclic esters (lactones) is 1. The zero-order chi connectivity index (χ0) is 6.15. The SMILES string of the molecule is CC1=NC(Br)C(=O)O1. The summed E-state index contributed by atoms with van der Waals surface area (Å²) in [6, 6.07) is 0. The predicted octanol–water partition coefficient (Wildman–Crippen LogP) is 0.683. The summed E-state index contributed by atoms with van der Waals surface area (Å²) < 4.78 is 4.54. The summed E-state index contributed by atoms with van der Waals surface area (Å²) in [6.07, 6.45) is 0. The first kappa shape index (κ1) is 5.75. The van der Waals surface area contributed by atoms with Gasteiger partial charge in [-0.05, 0) is 0 Å². The van der Waals surface area contributed by atoms with Crippen LogP contribution < -0.4 is 0 Å². The van der Waals surface area contributed by atoms with E-state index in [2.05, 4.69) is 25.7 Å². The van der Waals surface area contributed by atoms with E-state index in [1.165, 1.54) is 0 Å². The molecule has 4 heteroatoms. The van der Waals surface area contributed by atoms with Crippen molar-refractivity contribution in [2.75, 3.05) is 0 Å². The molecule has 0 saturated carbocycles. The monoisotopic (exact) mass is 177 g/mol. The molecule has 1 rings (SSSR count). The topological polar surface area (TPSA) is 38.7 Å². The molecule has 1 aliphatic rings. The lowest BCUT2D eigenvalue weighted by atomic mass is 10.7. The number of hydrogen-bond acceptors (Lipinski definition) is 3. The van der Waals surface area contributed by atoms with E-state index in [1.807, 2.05) is 0 Å². The summed E-state index contributed by atoms with van der Waals surface area (Å²) in [4.78, 5) is 13.7. The Hall–Kier alpha value is -0.380. The van der Waals surface area contributed by atoms with E-state index in [0.717, 1.165) is 0 Å². The van der Waals surface area contributed by atoms with Crippen LogP contribution >= 0.6 is 15.9 Å². The minimum absolute atomic E-state index is 0.331. The van der Waals surface area contributed by atoms with Crippen LogP contribution in [0.3, 0.4) is 0 Å². The van der Waals surface area contributed by atoms with Gasteiger partial charge in [0.2, 0.25) is 4.95 Å². The highest BCUT2D eigenvalue weighted by Crippen LogP contribution is 2.11. The number of halogens is 1. The Labute approximate surface area is 54.9 Å². The standard InChI is InChI=1S/C4H4BrNO2/c1-2-6-3(5)4(7)8-2/h3H,1H3. The van der Waals surface area contributed by atoms with Crippen molar-refractivity contribution >= 4 is 27.8 Å². The average Bonchev–Trinajstić information content (AvgIpc) is 1.85. The van der Waals surface area contributed by atoms with Gasteiger partial charge in [0.25, 0.3) is 0 Å². The number of rotatable bonds is 0. The molecule has 0 aliphatic carbocycles. The lowest BCUT2D eigenvalue weighted by Crippen LogP contribution is -2.06. The number of ether oxygens (including phenoxy) is 1. The van der Waals surface area contributed by atoms with E-state index in [9.17, 15) is 4.79 Å². The largest absolute Gasteiger partial charge is 0.410 e. The van der Waals surface area contributed by atoms with Crippen LogP contribution in [-0.4, -0.2) is 16.8 Å². The summed E-state index contributed by atoms with van der Waals surface area (Å²) in [7, 11) is 0. The van der Waals surface area contributed by atoms with Gasteiger partial charge in [-0.3, -0.25) is 0 Å². The lowest BCUT2D eigenvalue weighted by molar-refractivity contribution is -0.132. The summed E-state index contributed by atoms with van der Waals surface area (Å²) in [6.45, 7) is 1.64. The molecule has 0 aromatic heterocycles.